The van der Waals surface area contributed by atoms with Crippen LogP contribution in [0.2, 0.25) is 10.0 Å². The molecular weight excluding hydrogens is 591 g/mol. The standard InChI is InChI=1S/C30H38Cl2N8O3/c1-43-19-28(41)38-11-13-39(14-12-38)30-36-26(17-27(37-30)40-10-9-33-20-40)35-25(15-21-5-3-2-4-6-21)29(42)34-18-22-7-8-23(31)16-24(22)32/h7-10,16-17,20-21,25H,2-6,11-15,18-19H2,1H3,(H,34,42)(H,35,36,37)/t25-/m1/s1. The number of anilines is 2. The molecule has 43 heavy (non-hydrogen) atoms. The van der Waals surface area contributed by atoms with Crippen molar-refractivity contribution >= 4 is 46.8 Å². The summed E-state index contributed by atoms with van der Waals surface area (Å²) >= 11 is 12.4. The maximum Gasteiger partial charge on any atom is 0.248 e. The number of hydrogen-bond donors (Lipinski definition) is 2. The maximum atomic E-state index is 13.7. The monoisotopic (exact) mass is 628 g/mol. The number of rotatable bonds is 11. The van der Waals surface area contributed by atoms with Crippen LogP contribution in [0.25, 0.3) is 5.82 Å². The quantitative estimate of drug-likeness (QED) is 0.322. The maximum absolute atomic E-state index is 13.7. The molecule has 3 heterocycles. The molecule has 0 spiro atoms. The van der Waals surface area contributed by atoms with E-state index in [0.717, 1.165) is 18.4 Å². The van der Waals surface area contributed by atoms with Gasteiger partial charge in [-0.2, -0.15) is 9.97 Å². The number of nitrogens with one attached hydrogen (secondary N) is 2. The van der Waals surface area contributed by atoms with E-state index in [2.05, 4.69) is 20.5 Å². The number of nitrogens with zero attached hydrogens (tertiary/aromatic N) is 6. The molecule has 1 aliphatic carbocycles. The molecule has 5 rings (SSSR count). The first-order chi connectivity index (χ1) is 20.9. The van der Waals surface area contributed by atoms with Gasteiger partial charge in [-0.05, 0) is 30.0 Å². The van der Waals surface area contributed by atoms with Crippen LogP contribution in [0.5, 0.6) is 0 Å². The third-order valence-corrected chi connectivity index (χ3v) is 8.64. The van der Waals surface area contributed by atoms with Crippen LogP contribution < -0.4 is 15.5 Å². The average molecular weight is 630 g/mol. The number of halogens is 2. The Morgan fingerprint density at radius 3 is 2.56 bits per heavy atom. The van der Waals surface area contributed by atoms with E-state index in [1.807, 2.05) is 22.9 Å². The van der Waals surface area contributed by atoms with Crippen molar-refractivity contribution in [3.8, 4) is 5.82 Å². The second-order valence-corrected chi connectivity index (χ2v) is 11.9. The summed E-state index contributed by atoms with van der Waals surface area (Å²) in [5.74, 6) is 2.00. The van der Waals surface area contributed by atoms with E-state index in [-0.39, 0.29) is 18.4 Å². The second kappa shape index (κ2) is 14.9. The number of piperazine rings is 1. The number of aromatic nitrogens is 4. The summed E-state index contributed by atoms with van der Waals surface area (Å²) in [7, 11) is 1.52. The number of amides is 2. The lowest BCUT2D eigenvalue weighted by Crippen LogP contribution is -2.50. The van der Waals surface area contributed by atoms with Gasteiger partial charge in [-0.15, -0.1) is 0 Å². The zero-order valence-corrected chi connectivity index (χ0v) is 25.9. The summed E-state index contributed by atoms with van der Waals surface area (Å²) in [4.78, 5) is 43.7. The highest BCUT2D eigenvalue weighted by atomic mass is 35.5. The molecule has 13 heteroatoms. The molecular formula is C30H38Cl2N8O3. The minimum absolute atomic E-state index is 0.0333. The fraction of sp³-hybridized carbons (Fsp3) is 0.500. The molecule has 2 amide bonds. The van der Waals surface area contributed by atoms with E-state index < -0.39 is 6.04 Å². The van der Waals surface area contributed by atoms with Crippen molar-refractivity contribution < 1.29 is 14.3 Å². The van der Waals surface area contributed by atoms with E-state index >= 15 is 0 Å². The number of carbonyl (C=O) groups excluding carboxylic acids is 2. The summed E-state index contributed by atoms with van der Waals surface area (Å²) in [6.45, 7) is 2.60. The number of benzene rings is 1. The molecule has 2 N–H and O–H groups in total. The highest BCUT2D eigenvalue weighted by molar-refractivity contribution is 6.35. The van der Waals surface area contributed by atoms with Gasteiger partial charge in [0, 0.05) is 68.3 Å². The predicted molar refractivity (Wildman–Crippen MR) is 167 cm³/mol. The van der Waals surface area contributed by atoms with E-state index in [4.69, 9.17) is 37.9 Å². The van der Waals surface area contributed by atoms with Gasteiger partial charge in [0.1, 0.15) is 30.6 Å². The second-order valence-electron chi connectivity index (χ2n) is 11.1. The average Bonchev–Trinajstić information content (AvgIpc) is 3.56. The third-order valence-electron chi connectivity index (χ3n) is 8.05. The van der Waals surface area contributed by atoms with Crippen LogP contribution >= 0.6 is 23.2 Å². The topological polar surface area (TPSA) is 118 Å². The largest absolute Gasteiger partial charge is 0.375 e. The molecule has 1 saturated heterocycles. The lowest BCUT2D eigenvalue weighted by molar-refractivity contribution is -0.135. The fourth-order valence-electron chi connectivity index (χ4n) is 5.67. The van der Waals surface area contributed by atoms with Gasteiger partial charge in [-0.1, -0.05) is 61.4 Å². The Morgan fingerprint density at radius 2 is 1.86 bits per heavy atom. The number of hydrogen-bond acceptors (Lipinski definition) is 8. The Balaban J connectivity index is 1.36. The molecule has 230 valence electrons. The highest BCUT2D eigenvalue weighted by Gasteiger charge is 2.27. The van der Waals surface area contributed by atoms with E-state index in [0.29, 0.717) is 72.7 Å². The molecule has 0 unspecified atom stereocenters. The van der Waals surface area contributed by atoms with Crippen molar-refractivity contribution in [2.24, 2.45) is 5.92 Å². The Labute approximate surface area is 261 Å². The Morgan fingerprint density at radius 1 is 1.07 bits per heavy atom. The van der Waals surface area contributed by atoms with Crippen LogP contribution in [0.4, 0.5) is 11.8 Å². The van der Waals surface area contributed by atoms with Crippen LogP contribution in [0.3, 0.4) is 0 Å². The first kappa shape index (κ1) is 31.0. The molecule has 1 aromatic carbocycles. The van der Waals surface area contributed by atoms with Gasteiger partial charge < -0.3 is 25.2 Å². The molecule has 2 aromatic heterocycles. The summed E-state index contributed by atoms with van der Waals surface area (Å²) in [5.41, 5.74) is 0.797. The van der Waals surface area contributed by atoms with Crippen molar-refractivity contribution in [3.05, 3.63) is 58.6 Å². The summed E-state index contributed by atoms with van der Waals surface area (Å²) < 4.78 is 6.83. The highest BCUT2D eigenvalue weighted by Crippen LogP contribution is 2.29. The number of carbonyl (C=O) groups is 2. The first-order valence-corrected chi connectivity index (χ1v) is 15.5. The van der Waals surface area contributed by atoms with Crippen LogP contribution in [0.15, 0.2) is 43.0 Å². The van der Waals surface area contributed by atoms with Crippen LogP contribution in [0.1, 0.15) is 44.1 Å². The normalized spacial score (nSPS) is 16.6. The van der Waals surface area contributed by atoms with Gasteiger partial charge in [0.25, 0.3) is 0 Å². The van der Waals surface area contributed by atoms with E-state index in [1.165, 1.54) is 26.4 Å². The molecule has 2 fully saturated rings. The van der Waals surface area contributed by atoms with Crippen LogP contribution in [-0.4, -0.2) is 82.2 Å². The Hall–Kier alpha value is -3.41. The van der Waals surface area contributed by atoms with Gasteiger partial charge in [0.2, 0.25) is 17.8 Å². The van der Waals surface area contributed by atoms with Crippen molar-refractivity contribution in [1.29, 1.82) is 0 Å². The number of methoxy groups -OCH3 is 1. The number of imidazole rings is 1. The minimum Gasteiger partial charge on any atom is -0.375 e. The Bertz CT molecular complexity index is 1380. The molecule has 3 aromatic rings. The lowest BCUT2D eigenvalue weighted by atomic mass is 9.84. The minimum atomic E-state index is -0.504. The zero-order valence-electron chi connectivity index (χ0n) is 24.3. The Kier molecular flexibility index (Phi) is 10.7. The van der Waals surface area contributed by atoms with Crippen molar-refractivity contribution in [3.63, 3.8) is 0 Å². The molecule has 0 radical (unpaired) electrons. The summed E-state index contributed by atoms with van der Waals surface area (Å²) in [5, 5.41) is 7.58. The van der Waals surface area contributed by atoms with Crippen molar-refractivity contribution in [2.75, 3.05) is 50.1 Å². The fourth-order valence-corrected chi connectivity index (χ4v) is 6.15. The van der Waals surface area contributed by atoms with Crippen LogP contribution in [0, 0.1) is 5.92 Å². The van der Waals surface area contributed by atoms with Gasteiger partial charge in [-0.25, -0.2) is 4.98 Å². The number of ether oxygens (including phenoxy) is 1. The van der Waals surface area contributed by atoms with E-state index in [1.54, 1.807) is 29.6 Å². The van der Waals surface area contributed by atoms with Crippen LogP contribution in [-0.2, 0) is 20.9 Å². The smallest absolute Gasteiger partial charge is 0.248 e. The lowest BCUT2D eigenvalue weighted by Gasteiger charge is -2.35. The van der Waals surface area contributed by atoms with Gasteiger partial charge >= 0.3 is 0 Å². The summed E-state index contributed by atoms with van der Waals surface area (Å²) in [6.07, 6.45) is 11.7. The van der Waals surface area contributed by atoms with Gasteiger partial charge in [-0.3, -0.25) is 14.2 Å². The molecule has 1 aliphatic heterocycles. The van der Waals surface area contributed by atoms with E-state index in [9.17, 15) is 9.59 Å². The first-order valence-electron chi connectivity index (χ1n) is 14.8. The molecule has 11 nitrogen and oxygen atoms in total. The predicted octanol–water partition coefficient (Wildman–Crippen LogP) is 4.33. The van der Waals surface area contributed by atoms with Gasteiger partial charge in [0.15, 0.2) is 0 Å². The van der Waals surface area contributed by atoms with Crippen molar-refractivity contribution in [1.82, 2.24) is 29.7 Å². The molecule has 2 aliphatic rings. The zero-order chi connectivity index (χ0) is 30.2. The summed E-state index contributed by atoms with van der Waals surface area (Å²) in [6, 6.07) is 6.60. The SMILES string of the molecule is COCC(=O)N1CCN(c2nc(N[C@H](CC3CCCCC3)C(=O)NCc3ccc(Cl)cc3Cl)cc(-n3ccnc3)n2)CC1. The molecule has 0 bridgehead atoms. The van der Waals surface area contributed by atoms with Gasteiger partial charge in [0.05, 0.1) is 0 Å². The molecule has 1 atom stereocenters. The van der Waals surface area contributed by atoms with Crippen molar-refractivity contribution in [2.45, 2.75) is 51.1 Å². The third kappa shape index (κ3) is 8.36. The molecule has 1 saturated carbocycles.